The summed E-state index contributed by atoms with van der Waals surface area (Å²) in [6.45, 7) is 3.37. The lowest BCUT2D eigenvalue weighted by molar-refractivity contribution is 0.122. The lowest BCUT2D eigenvalue weighted by Crippen LogP contribution is -2.36. The van der Waals surface area contributed by atoms with Gasteiger partial charge in [0.1, 0.15) is 6.33 Å². The molecule has 3 heterocycles. The Morgan fingerprint density at radius 3 is 2.36 bits per heavy atom. The molecule has 1 aliphatic heterocycles. The van der Waals surface area contributed by atoms with Gasteiger partial charge in [-0.3, -0.25) is 4.57 Å². The van der Waals surface area contributed by atoms with Gasteiger partial charge in [0.25, 0.3) is 0 Å². The zero-order valence-electron chi connectivity index (χ0n) is 20.3. The molecule has 9 heteroatoms. The van der Waals surface area contributed by atoms with Crippen molar-refractivity contribution in [3.8, 4) is 5.69 Å². The zero-order chi connectivity index (χ0) is 24.3. The molecule has 2 aliphatic rings. The number of fused-ring (bicyclic) bond motifs is 1. The van der Waals surface area contributed by atoms with Gasteiger partial charge in [0.15, 0.2) is 17.0 Å². The number of ether oxygens (including phenoxy) is 1. The van der Waals surface area contributed by atoms with E-state index in [1.54, 1.807) is 0 Å². The Kier molecular flexibility index (Phi) is 6.40. The van der Waals surface area contributed by atoms with Crippen molar-refractivity contribution in [2.24, 2.45) is 5.73 Å². The molecule has 4 N–H and O–H groups in total. The minimum absolute atomic E-state index is 0.295. The van der Waals surface area contributed by atoms with Crippen LogP contribution in [-0.4, -0.2) is 57.9 Å². The van der Waals surface area contributed by atoms with Crippen LogP contribution in [0.5, 0.6) is 0 Å². The summed E-state index contributed by atoms with van der Waals surface area (Å²) in [5.74, 6) is 1.29. The molecular weight excluding hydrogens is 452 g/mol. The minimum atomic E-state index is 0.295. The van der Waals surface area contributed by atoms with Crippen LogP contribution in [0.4, 0.5) is 23.1 Å². The Balaban J connectivity index is 1.32. The average molecular weight is 485 g/mol. The average Bonchev–Trinajstić information content (AvgIpc) is 3.36. The molecule has 9 nitrogen and oxygen atoms in total. The van der Waals surface area contributed by atoms with Gasteiger partial charge in [0.2, 0.25) is 5.95 Å². The number of anilines is 4. The number of benzene rings is 2. The number of morpholine rings is 1. The van der Waals surface area contributed by atoms with Crippen molar-refractivity contribution in [2.45, 2.75) is 37.8 Å². The number of para-hydroxylation sites is 1. The quantitative estimate of drug-likeness (QED) is 0.376. The molecule has 6 rings (SSSR count). The number of aromatic nitrogens is 4. The summed E-state index contributed by atoms with van der Waals surface area (Å²) in [6.07, 6.45) is 5.88. The molecule has 2 aromatic heterocycles. The van der Waals surface area contributed by atoms with E-state index in [0.29, 0.717) is 23.8 Å². The summed E-state index contributed by atoms with van der Waals surface area (Å²) in [4.78, 5) is 16.8. The zero-order valence-corrected chi connectivity index (χ0v) is 20.3. The maximum atomic E-state index is 6.11. The molecule has 0 unspecified atom stereocenters. The van der Waals surface area contributed by atoms with Gasteiger partial charge in [-0.25, -0.2) is 4.98 Å². The van der Waals surface area contributed by atoms with Crippen LogP contribution in [-0.2, 0) is 4.74 Å². The van der Waals surface area contributed by atoms with Crippen molar-refractivity contribution >= 4 is 34.3 Å². The third-order valence-electron chi connectivity index (χ3n) is 7.04. The van der Waals surface area contributed by atoms with Crippen LogP contribution in [0.2, 0.25) is 0 Å². The monoisotopic (exact) mass is 484 g/mol. The van der Waals surface area contributed by atoms with E-state index in [-0.39, 0.29) is 0 Å². The molecule has 0 bridgehead atoms. The predicted octanol–water partition coefficient (Wildman–Crippen LogP) is 4.08. The molecule has 0 atom stereocenters. The van der Waals surface area contributed by atoms with Gasteiger partial charge in [-0.05, 0) is 62.1 Å². The van der Waals surface area contributed by atoms with E-state index in [0.717, 1.165) is 74.5 Å². The minimum Gasteiger partial charge on any atom is -0.378 e. The Hall–Kier alpha value is -3.69. The van der Waals surface area contributed by atoms with Gasteiger partial charge in [-0.2, -0.15) is 9.97 Å². The van der Waals surface area contributed by atoms with Crippen molar-refractivity contribution in [2.75, 3.05) is 41.8 Å². The fourth-order valence-electron chi connectivity index (χ4n) is 4.99. The summed E-state index contributed by atoms with van der Waals surface area (Å²) in [5.41, 5.74) is 10.8. The SMILES string of the molecule is N[C@H]1CC[C@H](Nc2nc(Nc3ccc(N4CCOCC4)cc3)c3ncn(-c4ccccc4)c3n2)CC1. The van der Waals surface area contributed by atoms with E-state index in [4.69, 9.17) is 20.4 Å². The number of rotatable bonds is 6. The van der Waals surface area contributed by atoms with Crippen LogP contribution in [0, 0.1) is 0 Å². The first kappa shape index (κ1) is 22.8. The highest BCUT2D eigenvalue weighted by Crippen LogP contribution is 2.29. The summed E-state index contributed by atoms with van der Waals surface area (Å²) in [7, 11) is 0. The summed E-state index contributed by atoms with van der Waals surface area (Å²) in [5, 5.41) is 7.06. The smallest absolute Gasteiger partial charge is 0.227 e. The molecule has 0 spiro atoms. The number of nitrogens with zero attached hydrogens (tertiary/aromatic N) is 5. The number of imidazole rings is 1. The van der Waals surface area contributed by atoms with Crippen LogP contribution >= 0.6 is 0 Å². The van der Waals surface area contributed by atoms with Crippen LogP contribution in [0.15, 0.2) is 60.9 Å². The third kappa shape index (κ3) is 4.84. The van der Waals surface area contributed by atoms with E-state index in [2.05, 4.69) is 56.9 Å². The highest BCUT2D eigenvalue weighted by Gasteiger charge is 2.21. The molecule has 36 heavy (non-hydrogen) atoms. The fraction of sp³-hybridized carbons (Fsp3) is 0.370. The second-order valence-corrected chi connectivity index (χ2v) is 9.55. The van der Waals surface area contributed by atoms with Gasteiger partial charge in [0.05, 0.1) is 13.2 Å². The number of nitrogens with one attached hydrogen (secondary N) is 2. The van der Waals surface area contributed by atoms with Gasteiger partial charge in [-0.1, -0.05) is 18.2 Å². The normalized spacial score (nSPS) is 20.4. The summed E-state index contributed by atoms with van der Waals surface area (Å²) >= 11 is 0. The van der Waals surface area contributed by atoms with Crippen LogP contribution in [0.3, 0.4) is 0 Å². The lowest BCUT2D eigenvalue weighted by atomic mass is 9.92. The molecular formula is C27H32N8O. The second-order valence-electron chi connectivity index (χ2n) is 9.55. The van der Waals surface area contributed by atoms with Gasteiger partial charge in [0, 0.05) is 42.2 Å². The number of nitrogens with two attached hydrogens (primary N) is 1. The van der Waals surface area contributed by atoms with Crippen LogP contribution < -0.4 is 21.3 Å². The Morgan fingerprint density at radius 2 is 1.61 bits per heavy atom. The van der Waals surface area contributed by atoms with E-state index < -0.39 is 0 Å². The molecule has 186 valence electrons. The fourth-order valence-corrected chi connectivity index (χ4v) is 4.99. The Labute approximate surface area is 210 Å². The topological polar surface area (TPSA) is 106 Å². The van der Waals surface area contributed by atoms with Crippen LogP contribution in [0.1, 0.15) is 25.7 Å². The van der Waals surface area contributed by atoms with E-state index >= 15 is 0 Å². The van der Waals surface area contributed by atoms with Crippen LogP contribution in [0.25, 0.3) is 16.9 Å². The first-order valence-corrected chi connectivity index (χ1v) is 12.8. The molecule has 1 saturated heterocycles. The summed E-state index contributed by atoms with van der Waals surface area (Å²) in [6, 6.07) is 19.2. The van der Waals surface area contributed by atoms with Crippen molar-refractivity contribution < 1.29 is 4.74 Å². The molecule has 2 aromatic carbocycles. The van der Waals surface area contributed by atoms with Crippen molar-refractivity contribution in [1.29, 1.82) is 0 Å². The largest absolute Gasteiger partial charge is 0.378 e. The lowest BCUT2D eigenvalue weighted by Gasteiger charge is -2.29. The standard InChI is InChI=1S/C27H32N8O/c28-19-6-8-21(9-7-19)31-27-32-25(24-26(33-27)35(18-29-24)23-4-2-1-3-5-23)30-20-10-12-22(13-11-20)34-14-16-36-17-15-34/h1-5,10-13,18-19,21H,6-9,14-17,28H2,(H2,30,31,32,33)/t19-,21-. The number of hydrogen-bond donors (Lipinski definition) is 3. The van der Waals surface area contributed by atoms with E-state index in [9.17, 15) is 0 Å². The predicted molar refractivity (Wildman–Crippen MR) is 143 cm³/mol. The molecule has 0 amide bonds. The van der Waals surface area contributed by atoms with Gasteiger partial charge >= 0.3 is 0 Å². The van der Waals surface area contributed by atoms with Gasteiger partial charge in [-0.15, -0.1) is 0 Å². The Morgan fingerprint density at radius 1 is 0.861 bits per heavy atom. The molecule has 2 fully saturated rings. The maximum absolute atomic E-state index is 6.11. The molecule has 1 saturated carbocycles. The highest BCUT2D eigenvalue weighted by atomic mass is 16.5. The Bertz CT molecular complexity index is 1290. The van der Waals surface area contributed by atoms with Crippen molar-refractivity contribution in [1.82, 2.24) is 19.5 Å². The number of hydrogen-bond acceptors (Lipinski definition) is 8. The summed E-state index contributed by atoms with van der Waals surface area (Å²) < 4.78 is 7.49. The molecule has 0 radical (unpaired) electrons. The van der Waals surface area contributed by atoms with Crippen molar-refractivity contribution in [3.05, 3.63) is 60.9 Å². The first-order chi connectivity index (χ1) is 17.7. The van der Waals surface area contributed by atoms with E-state index in [1.165, 1.54) is 5.69 Å². The molecule has 1 aliphatic carbocycles. The van der Waals surface area contributed by atoms with Gasteiger partial charge < -0.3 is 26.0 Å². The highest BCUT2D eigenvalue weighted by molar-refractivity contribution is 5.87. The first-order valence-electron chi connectivity index (χ1n) is 12.8. The third-order valence-corrected chi connectivity index (χ3v) is 7.04. The maximum Gasteiger partial charge on any atom is 0.227 e. The second kappa shape index (κ2) is 10.1. The van der Waals surface area contributed by atoms with Crippen molar-refractivity contribution in [3.63, 3.8) is 0 Å². The van der Waals surface area contributed by atoms with E-state index in [1.807, 2.05) is 29.1 Å². The molecule has 4 aromatic rings.